The van der Waals surface area contributed by atoms with E-state index in [1.807, 2.05) is 18.2 Å². The highest BCUT2D eigenvalue weighted by Gasteiger charge is 2.14. The van der Waals surface area contributed by atoms with Crippen LogP contribution < -0.4 is 0 Å². The third-order valence-electron chi connectivity index (χ3n) is 2.35. The second-order valence-electron chi connectivity index (χ2n) is 3.39. The third kappa shape index (κ3) is 1.58. The molecule has 0 radical (unpaired) electrons. The van der Waals surface area contributed by atoms with E-state index in [0.717, 1.165) is 15.8 Å². The number of aromatic carboxylic acids is 1. The van der Waals surface area contributed by atoms with E-state index in [2.05, 4.69) is 10.1 Å². The maximum absolute atomic E-state index is 10.7. The molecule has 84 valence electrons. The van der Waals surface area contributed by atoms with Crippen LogP contribution in [0.2, 0.25) is 0 Å². The Labute approximate surface area is 99.3 Å². The van der Waals surface area contributed by atoms with Crippen LogP contribution in [0.25, 0.3) is 21.5 Å². The van der Waals surface area contributed by atoms with Gasteiger partial charge in [-0.15, -0.1) is 11.3 Å². The van der Waals surface area contributed by atoms with Gasteiger partial charge < -0.3 is 9.63 Å². The lowest BCUT2D eigenvalue weighted by atomic mass is 10.1. The van der Waals surface area contributed by atoms with E-state index in [-0.39, 0.29) is 5.76 Å². The van der Waals surface area contributed by atoms with Crippen molar-refractivity contribution in [2.75, 3.05) is 0 Å². The van der Waals surface area contributed by atoms with Crippen molar-refractivity contribution in [3.63, 3.8) is 0 Å². The van der Waals surface area contributed by atoms with Crippen LogP contribution in [0.3, 0.4) is 0 Å². The number of carboxylic acids is 1. The number of fused-ring (bicyclic) bond motifs is 1. The minimum absolute atomic E-state index is 0.165. The summed E-state index contributed by atoms with van der Waals surface area (Å²) in [6.45, 7) is 0. The first-order valence-corrected chi connectivity index (χ1v) is 5.66. The number of rotatable bonds is 2. The summed E-state index contributed by atoms with van der Waals surface area (Å²) >= 11 is 1.49. The molecule has 2 aromatic heterocycles. The van der Waals surface area contributed by atoms with Crippen LogP contribution in [0.15, 0.2) is 34.3 Å². The van der Waals surface area contributed by atoms with Crippen molar-refractivity contribution in [3.8, 4) is 11.3 Å². The Kier molecular flexibility index (Phi) is 2.15. The second-order valence-corrected chi connectivity index (χ2v) is 4.24. The number of aromatic nitrogens is 2. The molecule has 0 aliphatic carbocycles. The molecule has 0 aliphatic heterocycles. The van der Waals surface area contributed by atoms with Gasteiger partial charge in [0.2, 0.25) is 5.76 Å². The first-order chi connectivity index (χ1) is 8.25. The van der Waals surface area contributed by atoms with Gasteiger partial charge in [0.05, 0.1) is 15.7 Å². The van der Waals surface area contributed by atoms with Gasteiger partial charge in [-0.2, -0.15) is 0 Å². The molecule has 1 aromatic carbocycles. The Morgan fingerprint density at radius 2 is 2.29 bits per heavy atom. The van der Waals surface area contributed by atoms with Gasteiger partial charge in [-0.3, -0.25) is 0 Å². The highest BCUT2D eigenvalue weighted by atomic mass is 32.1. The smallest absolute Gasteiger partial charge is 0.374 e. The first-order valence-electron chi connectivity index (χ1n) is 4.78. The summed E-state index contributed by atoms with van der Waals surface area (Å²) in [5, 5.41) is 12.5. The standard InChI is InChI=1S/C11H6N2O3S/c14-11(15)9-4-8(13-16-9)6-2-1-3-7-10(6)17-5-12-7/h1-5H,(H,14,15). The second kappa shape index (κ2) is 3.67. The van der Waals surface area contributed by atoms with Gasteiger partial charge >= 0.3 is 5.97 Å². The molecule has 0 aliphatic rings. The van der Waals surface area contributed by atoms with Crippen molar-refractivity contribution in [2.45, 2.75) is 0 Å². The molecule has 0 saturated heterocycles. The maximum atomic E-state index is 10.7. The van der Waals surface area contributed by atoms with Crippen molar-refractivity contribution in [3.05, 3.63) is 35.5 Å². The monoisotopic (exact) mass is 246 g/mol. The van der Waals surface area contributed by atoms with Gasteiger partial charge in [0.1, 0.15) is 5.69 Å². The molecule has 5 nitrogen and oxygen atoms in total. The molecule has 17 heavy (non-hydrogen) atoms. The maximum Gasteiger partial charge on any atom is 0.374 e. The van der Waals surface area contributed by atoms with Crippen LogP contribution in [0.4, 0.5) is 0 Å². The molecule has 2 heterocycles. The van der Waals surface area contributed by atoms with E-state index in [4.69, 9.17) is 9.63 Å². The third-order valence-corrected chi connectivity index (χ3v) is 3.23. The van der Waals surface area contributed by atoms with Gasteiger partial charge in [0.25, 0.3) is 0 Å². The SMILES string of the molecule is O=C(O)c1cc(-c2cccc3ncsc23)no1. The van der Waals surface area contributed by atoms with Crippen LogP contribution in [-0.2, 0) is 0 Å². The summed E-state index contributed by atoms with van der Waals surface area (Å²) in [7, 11) is 0. The summed E-state index contributed by atoms with van der Waals surface area (Å²) in [6, 6.07) is 7.03. The van der Waals surface area contributed by atoms with Crippen molar-refractivity contribution < 1.29 is 14.4 Å². The molecule has 0 atom stereocenters. The number of hydrogen-bond acceptors (Lipinski definition) is 5. The lowest BCUT2D eigenvalue weighted by Gasteiger charge is -1.95. The Bertz CT molecular complexity index is 701. The lowest BCUT2D eigenvalue weighted by molar-refractivity contribution is 0.0652. The van der Waals surface area contributed by atoms with Crippen LogP contribution >= 0.6 is 11.3 Å². The molecule has 6 heteroatoms. The first kappa shape index (κ1) is 9.98. The number of carbonyl (C=O) groups is 1. The molecular weight excluding hydrogens is 240 g/mol. The Balaban J connectivity index is 2.19. The average Bonchev–Trinajstić information content (AvgIpc) is 2.97. The summed E-state index contributed by atoms with van der Waals surface area (Å²) in [5.74, 6) is -1.29. The predicted octanol–water partition coefficient (Wildman–Crippen LogP) is 2.65. The highest BCUT2D eigenvalue weighted by molar-refractivity contribution is 7.17. The number of nitrogens with zero attached hydrogens (tertiary/aromatic N) is 2. The highest BCUT2D eigenvalue weighted by Crippen LogP contribution is 2.30. The minimum atomic E-state index is -1.12. The Morgan fingerprint density at radius 3 is 3.06 bits per heavy atom. The number of hydrogen-bond donors (Lipinski definition) is 1. The summed E-state index contributed by atoms with van der Waals surface area (Å²) in [4.78, 5) is 14.9. The predicted molar refractivity (Wildman–Crippen MR) is 62.1 cm³/mol. The average molecular weight is 246 g/mol. The summed E-state index contributed by atoms with van der Waals surface area (Å²) in [6.07, 6.45) is 0. The van der Waals surface area contributed by atoms with Gasteiger partial charge in [-0.05, 0) is 6.07 Å². The largest absolute Gasteiger partial charge is 0.475 e. The fourth-order valence-electron chi connectivity index (χ4n) is 1.59. The molecule has 3 aromatic rings. The molecule has 0 fully saturated rings. The van der Waals surface area contributed by atoms with E-state index in [1.165, 1.54) is 17.4 Å². The molecular formula is C11H6N2O3S. The van der Waals surface area contributed by atoms with E-state index >= 15 is 0 Å². The Hall–Kier alpha value is -2.21. The number of carboxylic acid groups (broad SMARTS) is 1. The molecule has 0 unspecified atom stereocenters. The number of thiazole rings is 1. The summed E-state index contributed by atoms with van der Waals surface area (Å²) < 4.78 is 5.71. The molecule has 0 spiro atoms. The Morgan fingerprint density at radius 1 is 1.41 bits per heavy atom. The fraction of sp³-hybridized carbons (Fsp3) is 0. The lowest BCUT2D eigenvalue weighted by Crippen LogP contribution is -1.91. The summed E-state index contributed by atoms with van der Waals surface area (Å²) in [5.41, 5.74) is 3.96. The van der Waals surface area contributed by atoms with Gasteiger partial charge in [0, 0.05) is 11.6 Å². The van der Waals surface area contributed by atoms with Crippen molar-refractivity contribution >= 4 is 27.5 Å². The van der Waals surface area contributed by atoms with E-state index in [1.54, 1.807) is 5.51 Å². The zero-order valence-corrected chi connectivity index (χ0v) is 9.27. The van der Waals surface area contributed by atoms with Crippen molar-refractivity contribution in [1.29, 1.82) is 0 Å². The van der Waals surface area contributed by atoms with Crippen molar-refractivity contribution in [2.24, 2.45) is 0 Å². The van der Waals surface area contributed by atoms with Crippen molar-refractivity contribution in [1.82, 2.24) is 10.1 Å². The zero-order chi connectivity index (χ0) is 11.8. The van der Waals surface area contributed by atoms with Gasteiger partial charge in [-0.25, -0.2) is 9.78 Å². The van der Waals surface area contributed by atoms with Crippen LogP contribution in [0.5, 0.6) is 0 Å². The van der Waals surface area contributed by atoms with Crippen LogP contribution in [0, 0.1) is 0 Å². The van der Waals surface area contributed by atoms with E-state index in [9.17, 15) is 4.79 Å². The molecule has 0 amide bonds. The molecule has 0 bridgehead atoms. The molecule has 3 rings (SSSR count). The fourth-order valence-corrected chi connectivity index (χ4v) is 2.40. The van der Waals surface area contributed by atoms with E-state index in [0.29, 0.717) is 5.69 Å². The minimum Gasteiger partial charge on any atom is -0.475 e. The molecule has 1 N–H and O–H groups in total. The molecule has 0 saturated carbocycles. The normalized spacial score (nSPS) is 10.8. The topological polar surface area (TPSA) is 76.2 Å². The zero-order valence-electron chi connectivity index (χ0n) is 8.45. The van der Waals surface area contributed by atoms with Crippen LogP contribution in [0.1, 0.15) is 10.6 Å². The van der Waals surface area contributed by atoms with Crippen LogP contribution in [-0.4, -0.2) is 21.2 Å². The van der Waals surface area contributed by atoms with Gasteiger partial charge in [-0.1, -0.05) is 17.3 Å². The quantitative estimate of drug-likeness (QED) is 0.752. The van der Waals surface area contributed by atoms with Gasteiger partial charge in [0.15, 0.2) is 0 Å². The number of benzene rings is 1. The van der Waals surface area contributed by atoms with E-state index < -0.39 is 5.97 Å².